The molecule has 4 fully saturated rings. The lowest BCUT2D eigenvalue weighted by Crippen LogP contribution is -2.43. The minimum Gasteiger partial charge on any atom is -0.507 e. The predicted octanol–water partition coefficient (Wildman–Crippen LogP) is 3.55. The van der Waals surface area contributed by atoms with Crippen LogP contribution in [0.15, 0.2) is 35.6 Å². The quantitative estimate of drug-likeness (QED) is 0.468. The number of hydrogen-bond donors (Lipinski definition) is 3. The Bertz CT molecular complexity index is 1030. The molecule has 2 heterocycles. The van der Waals surface area contributed by atoms with E-state index < -0.39 is 18.1 Å². The van der Waals surface area contributed by atoms with E-state index in [0.717, 1.165) is 18.8 Å². The van der Waals surface area contributed by atoms with Crippen LogP contribution in [0, 0.1) is 47.3 Å². The first-order chi connectivity index (χ1) is 17.7. The molecule has 0 aromatic carbocycles. The van der Waals surface area contributed by atoms with E-state index >= 15 is 0 Å². The molecule has 0 radical (unpaired) electrons. The molecule has 3 aliphatic carbocycles. The van der Waals surface area contributed by atoms with Gasteiger partial charge in [0.05, 0.1) is 12.1 Å². The van der Waals surface area contributed by atoms with Crippen molar-refractivity contribution >= 4 is 17.6 Å². The molecule has 3 N–H and O–H groups in total. The summed E-state index contributed by atoms with van der Waals surface area (Å²) in [5.74, 6) is 2.08. The average Bonchev–Trinajstić information content (AvgIpc) is 3.46. The van der Waals surface area contributed by atoms with Gasteiger partial charge in [-0.3, -0.25) is 14.4 Å². The summed E-state index contributed by atoms with van der Waals surface area (Å²) in [6, 6.07) is -0.629. The number of Topliss-reactive ketones (excluding diaryl/α,β-unsaturated/α-hetero) is 1. The summed E-state index contributed by atoms with van der Waals surface area (Å²) in [6.45, 7) is 5.06. The maximum absolute atomic E-state index is 13.0. The van der Waals surface area contributed by atoms with E-state index in [-0.39, 0.29) is 40.8 Å². The van der Waals surface area contributed by atoms with E-state index in [1.165, 1.54) is 23.8 Å². The molecule has 2 amide bonds. The molecule has 0 aromatic heterocycles. The predicted molar refractivity (Wildman–Crippen MR) is 140 cm³/mol. The normalized spacial score (nSPS) is 46.3. The van der Waals surface area contributed by atoms with Gasteiger partial charge in [0.2, 0.25) is 5.91 Å². The molecule has 2 aliphatic heterocycles. The van der Waals surface area contributed by atoms with Crippen molar-refractivity contribution in [3.8, 4) is 0 Å². The van der Waals surface area contributed by atoms with Gasteiger partial charge in [0.25, 0.3) is 5.91 Å². The Morgan fingerprint density at radius 1 is 1.08 bits per heavy atom. The van der Waals surface area contributed by atoms with Crippen molar-refractivity contribution in [2.75, 3.05) is 13.6 Å². The molecule has 2 bridgehead atoms. The molecule has 37 heavy (non-hydrogen) atoms. The lowest BCUT2D eigenvalue weighted by molar-refractivity contribution is -0.125. The minimum absolute atomic E-state index is 0.0177. The van der Waals surface area contributed by atoms with Crippen LogP contribution in [-0.2, 0) is 14.4 Å². The fourth-order valence-corrected chi connectivity index (χ4v) is 8.78. The van der Waals surface area contributed by atoms with Crippen molar-refractivity contribution in [3.63, 3.8) is 0 Å². The third-order valence-electron chi connectivity index (χ3n) is 10.5. The van der Waals surface area contributed by atoms with Crippen molar-refractivity contribution in [2.24, 2.45) is 47.3 Å². The molecule has 3 saturated carbocycles. The van der Waals surface area contributed by atoms with E-state index in [4.69, 9.17) is 0 Å². The monoisotopic (exact) mass is 510 g/mol. The molecule has 10 atom stereocenters. The van der Waals surface area contributed by atoms with Gasteiger partial charge >= 0.3 is 0 Å². The Kier molecular flexibility index (Phi) is 7.36. The van der Waals surface area contributed by atoms with Crippen LogP contribution in [0.2, 0.25) is 0 Å². The van der Waals surface area contributed by atoms with Crippen LogP contribution in [0.5, 0.6) is 0 Å². The first-order valence-electron chi connectivity index (χ1n) is 14.3. The van der Waals surface area contributed by atoms with Gasteiger partial charge in [-0.05, 0) is 98.0 Å². The second-order valence-electron chi connectivity index (χ2n) is 12.2. The maximum atomic E-state index is 13.0. The number of aliphatic hydroxyl groups is 2. The number of carbonyl (C=O) groups excluding carboxylic acids is 3. The summed E-state index contributed by atoms with van der Waals surface area (Å²) in [4.78, 5) is 39.7. The molecular formula is C30H42N2O5. The van der Waals surface area contributed by atoms with Crippen LogP contribution < -0.4 is 5.32 Å². The maximum Gasteiger partial charge on any atom is 0.261 e. The molecule has 7 nitrogen and oxygen atoms in total. The lowest BCUT2D eigenvalue weighted by Gasteiger charge is -2.44. The van der Waals surface area contributed by atoms with Crippen molar-refractivity contribution in [3.05, 3.63) is 35.6 Å². The Morgan fingerprint density at radius 2 is 1.86 bits per heavy atom. The highest BCUT2D eigenvalue weighted by Gasteiger charge is 2.58. The standard InChI is InChI=1S/C30H42N2O5/c1-4-17-13-19-14-21-20-7-5-9-25(35)31-12-6-8-22-29(36)28(30(37)32(22)3)23(33)11-10-18(20)15-24(34)27(21)26(19)16(17)2/h5,9-11,16-22,24,26-27,33-34H,4,6-8,12-15H2,1-3H3,(H,31,35)/b9-5-,11-10-,28-23-/t16-,17-,18+,19+,20-,21+,22+,24-,26+,27-/m1/s1. The minimum atomic E-state index is -0.629. The molecular weight excluding hydrogens is 468 g/mol. The van der Waals surface area contributed by atoms with Gasteiger partial charge in [0.15, 0.2) is 5.78 Å². The van der Waals surface area contributed by atoms with Gasteiger partial charge in [-0.25, -0.2) is 0 Å². The van der Waals surface area contributed by atoms with Crippen LogP contribution in [0.3, 0.4) is 0 Å². The van der Waals surface area contributed by atoms with E-state index in [1.54, 1.807) is 13.1 Å². The van der Waals surface area contributed by atoms with Crippen LogP contribution in [0.1, 0.15) is 58.8 Å². The fraction of sp³-hybridized carbons (Fsp3) is 0.700. The van der Waals surface area contributed by atoms with Gasteiger partial charge in [0, 0.05) is 13.6 Å². The number of ketones is 1. The fourth-order valence-electron chi connectivity index (χ4n) is 8.78. The Hall–Kier alpha value is -2.41. The van der Waals surface area contributed by atoms with E-state index in [9.17, 15) is 24.6 Å². The number of nitrogens with zero attached hydrogens (tertiary/aromatic N) is 1. The van der Waals surface area contributed by atoms with Crippen LogP contribution in [0.4, 0.5) is 0 Å². The molecule has 0 spiro atoms. The SMILES string of the molecule is CC[C@@H]1C[C@H]2C[C@H]3[C@@H]4C/C=C\C(=O)NCCC[C@H]5C(=O)/C(=C(O)\C=C/[C@H]4C[C@@H](O)[C@@H]3[C@H]2[C@@H]1C)C(=O)N5C. The second-order valence-corrected chi connectivity index (χ2v) is 12.2. The summed E-state index contributed by atoms with van der Waals surface area (Å²) in [6.07, 6.45) is 12.4. The summed E-state index contributed by atoms with van der Waals surface area (Å²) in [5, 5.41) is 25.2. The Morgan fingerprint density at radius 3 is 2.62 bits per heavy atom. The molecule has 1 saturated heterocycles. The van der Waals surface area contributed by atoms with Crippen molar-refractivity contribution < 1.29 is 24.6 Å². The van der Waals surface area contributed by atoms with Crippen LogP contribution in [-0.4, -0.2) is 58.4 Å². The topological polar surface area (TPSA) is 107 Å². The molecule has 7 heteroatoms. The average molecular weight is 511 g/mol. The first kappa shape index (κ1) is 26.2. The summed E-state index contributed by atoms with van der Waals surface area (Å²) in [5.41, 5.74) is -0.152. The molecule has 0 unspecified atom stereocenters. The van der Waals surface area contributed by atoms with Crippen molar-refractivity contribution in [2.45, 2.75) is 70.9 Å². The lowest BCUT2D eigenvalue weighted by atomic mass is 9.62. The molecule has 5 rings (SSSR count). The van der Waals surface area contributed by atoms with Gasteiger partial charge in [-0.1, -0.05) is 32.4 Å². The van der Waals surface area contributed by atoms with Gasteiger partial charge in [-0.15, -0.1) is 0 Å². The number of carbonyl (C=O) groups is 3. The van der Waals surface area contributed by atoms with Crippen molar-refractivity contribution in [1.82, 2.24) is 10.2 Å². The highest BCUT2D eigenvalue weighted by Crippen LogP contribution is 2.62. The smallest absolute Gasteiger partial charge is 0.261 e. The number of amides is 2. The highest BCUT2D eigenvalue weighted by atomic mass is 16.3. The zero-order valence-corrected chi connectivity index (χ0v) is 22.3. The largest absolute Gasteiger partial charge is 0.507 e. The zero-order valence-electron chi connectivity index (χ0n) is 22.3. The van der Waals surface area contributed by atoms with Gasteiger partial charge in [-0.2, -0.15) is 0 Å². The molecule has 202 valence electrons. The number of rotatable bonds is 1. The zero-order chi connectivity index (χ0) is 26.4. The van der Waals surface area contributed by atoms with Gasteiger partial charge in [0.1, 0.15) is 11.3 Å². The van der Waals surface area contributed by atoms with Crippen LogP contribution >= 0.6 is 0 Å². The van der Waals surface area contributed by atoms with E-state index in [1.807, 2.05) is 12.2 Å². The number of allylic oxidation sites excluding steroid dienone is 3. The molecule has 0 aromatic rings. The number of nitrogens with one attached hydrogen (secondary N) is 1. The number of likely N-dealkylation sites (tertiary alicyclic amines) is 1. The Labute approximate surface area is 220 Å². The summed E-state index contributed by atoms with van der Waals surface area (Å²) >= 11 is 0. The third kappa shape index (κ3) is 4.58. The number of aliphatic hydroxyl groups excluding tert-OH is 2. The number of fused-ring (bicyclic) bond motifs is 7. The van der Waals surface area contributed by atoms with Gasteiger partial charge < -0.3 is 20.4 Å². The van der Waals surface area contributed by atoms with E-state index in [0.29, 0.717) is 49.5 Å². The van der Waals surface area contributed by atoms with Crippen LogP contribution in [0.25, 0.3) is 0 Å². The van der Waals surface area contributed by atoms with Crippen molar-refractivity contribution in [1.29, 1.82) is 0 Å². The van der Waals surface area contributed by atoms with E-state index in [2.05, 4.69) is 19.2 Å². The number of likely N-dealkylation sites (N-methyl/N-ethyl adjacent to an activating group) is 1. The third-order valence-corrected chi connectivity index (χ3v) is 10.5. The second kappa shape index (κ2) is 10.4. The first-order valence-corrected chi connectivity index (χ1v) is 14.3. The summed E-state index contributed by atoms with van der Waals surface area (Å²) in [7, 11) is 1.58. The summed E-state index contributed by atoms with van der Waals surface area (Å²) < 4.78 is 0. The highest BCUT2D eigenvalue weighted by molar-refractivity contribution is 6.26. The Balaban J connectivity index is 1.47. The number of hydrogen-bond acceptors (Lipinski definition) is 5. The molecule has 5 aliphatic rings.